The second kappa shape index (κ2) is 7.67. The van der Waals surface area contributed by atoms with Crippen LogP contribution >= 0.6 is 23.8 Å². The van der Waals surface area contributed by atoms with Gasteiger partial charge in [0.15, 0.2) is 10.9 Å². The quantitative estimate of drug-likeness (QED) is 0.654. The Hall–Kier alpha value is -2.38. The van der Waals surface area contributed by atoms with E-state index in [4.69, 9.17) is 28.2 Å². The summed E-state index contributed by atoms with van der Waals surface area (Å²) >= 11 is 11.3. The first-order valence-electron chi connectivity index (χ1n) is 7.57. The number of halogens is 2. The second-order valence-corrected chi connectivity index (χ2v) is 6.27. The lowest BCUT2D eigenvalue weighted by atomic mass is 10.2. The highest BCUT2D eigenvalue weighted by molar-refractivity contribution is 7.80. The van der Waals surface area contributed by atoms with Gasteiger partial charge in [0, 0.05) is 16.8 Å². The van der Waals surface area contributed by atoms with Gasteiger partial charge in [-0.1, -0.05) is 17.7 Å². The van der Waals surface area contributed by atoms with E-state index < -0.39 is 0 Å². The third-order valence-corrected chi connectivity index (χ3v) is 4.16. The number of nitrogens with one attached hydrogen (secondary N) is 2. The van der Waals surface area contributed by atoms with Crippen molar-refractivity contribution in [2.24, 2.45) is 0 Å². The average Bonchev–Trinajstić information content (AvgIpc) is 3.18. The van der Waals surface area contributed by atoms with Crippen molar-refractivity contribution in [2.45, 2.75) is 20.0 Å². The molecule has 0 atom stereocenters. The summed E-state index contributed by atoms with van der Waals surface area (Å²) < 4.78 is 20.2. The van der Waals surface area contributed by atoms with Crippen LogP contribution in [0.25, 0.3) is 0 Å². The first-order valence-corrected chi connectivity index (χ1v) is 8.35. The standard InChI is InChI=1S/C17H16ClFN4OS/c1-11-7-16(21-17(25)20-9-14-3-2-6-24-14)22-23(11)10-12-4-5-13(19)8-15(12)18/h2-8H,9-10H2,1H3,(H2,20,21,22,25). The van der Waals surface area contributed by atoms with Gasteiger partial charge in [0.2, 0.25) is 0 Å². The molecule has 2 heterocycles. The van der Waals surface area contributed by atoms with Crippen LogP contribution in [0.5, 0.6) is 0 Å². The van der Waals surface area contributed by atoms with E-state index in [1.54, 1.807) is 17.0 Å². The van der Waals surface area contributed by atoms with Crippen molar-refractivity contribution < 1.29 is 8.81 Å². The Morgan fingerprint density at radius 1 is 1.36 bits per heavy atom. The Bertz CT molecular complexity index is 879. The summed E-state index contributed by atoms with van der Waals surface area (Å²) in [5, 5.41) is 11.3. The maximum Gasteiger partial charge on any atom is 0.172 e. The molecule has 0 aliphatic rings. The highest BCUT2D eigenvalue weighted by atomic mass is 35.5. The number of hydrogen-bond acceptors (Lipinski definition) is 3. The Kier molecular flexibility index (Phi) is 5.35. The molecule has 2 aromatic heterocycles. The molecule has 0 radical (unpaired) electrons. The van der Waals surface area contributed by atoms with Gasteiger partial charge in [0.1, 0.15) is 11.6 Å². The van der Waals surface area contributed by atoms with E-state index in [1.165, 1.54) is 12.1 Å². The molecule has 3 rings (SSSR count). The lowest BCUT2D eigenvalue weighted by Crippen LogP contribution is -2.27. The van der Waals surface area contributed by atoms with E-state index in [0.29, 0.717) is 29.0 Å². The number of hydrogen-bond donors (Lipinski definition) is 2. The Morgan fingerprint density at radius 3 is 2.92 bits per heavy atom. The minimum Gasteiger partial charge on any atom is -0.467 e. The zero-order valence-corrected chi connectivity index (χ0v) is 15.0. The Balaban J connectivity index is 1.62. The van der Waals surface area contributed by atoms with E-state index in [9.17, 15) is 4.39 Å². The fraction of sp³-hybridized carbons (Fsp3) is 0.176. The molecular formula is C17H16ClFN4OS. The minimum absolute atomic E-state index is 0.360. The van der Waals surface area contributed by atoms with Crippen LogP contribution in [0.4, 0.5) is 10.2 Å². The van der Waals surface area contributed by atoms with Crippen LogP contribution in [-0.4, -0.2) is 14.9 Å². The number of benzene rings is 1. The Labute approximate surface area is 154 Å². The van der Waals surface area contributed by atoms with Gasteiger partial charge in [0.05, 0.1) is 19.4 Å². The van der Waals surface area contributed by atoms with Crippen LogP contribution in [-0.2, 0) is 13.1 Å². The number of aromatic nitrogens is 2. The van der Waals surface area contributed by atoms with E-state index in [2.05, 4.69) is 15.7 Å². The summed E-state index contributed by atoms with van der Waals surface area (Å²) in [6.07, 6.45) is 1.61. The van der Waals surface area contributed by atoms with E-state index >= 15 is 0 Å². The molecule has 0 bridgehead atoms. The molecule has 5 nitrogen and oxygen atoms in total. The van der Waals surface area contributed by atoms with Crippen molar-refractivity contribution in [2.75, 3.05) is 5.32 Å². The Morgan fingerprint density at radius 2 is 2.20 bits per heavy atom. The van der Waals surface area contributed by atoms with Crippen molar-refractivity contribution in [1.82, 2.24) is 15.1 Å². The maximum absolute atomic E-state index is 13.1. The van der Waals surface area contributed by atoms with Crippen molar-refractivity contribution in [3.05, 3.63) is 70.5 Å². The highest BCUT2D eigenvalue weighted by Gasteiger charge is 2.09. The molecule has 25 heavy (non-hydrogen) atoms. The van der Waals surface area contributed by atoms with Crippen molar-refractivity contribution in [3.8, 4) is 0 Å². The molecule has 0 unspecified atom stereocenters. The third kappa shape index (κ3) is 4.58. The summed E-state index contributed by atoms with van der Waals surface area (Å²) in [5.74, 6) is 1.05. The topological polar surface area (TPSA) is 55.0 Å². The van der Waals surface area contributed by atoms with Crippen LogP contribution in [0.15, 0.2) is 47.1 Å². The first-order chi connectivity index (χ1) is 12.0. The summed E-state index contributed by atoms with van der Waals surface area (Å²) in [5.41, 5.74) is 1.72. The predicted octanol–water partition coefficient (Wildman–Crippen LogP) is 4.11. The van der Waals surface area contributed by atoms with E-state index in [1.807, 2.05) is 25.1 Å². The van der Waals surface area contributed by atoms with Crippen LogP contribution in [0, 0.1) is 12.7 Å². The monoisotopic (exact) mass is 378 g/mol. The van der Waals surface area contributed by atoms with Crippen molar-refractivity contribution in [3.63, 3.8) is 0 Å². The smallest absolute Gasteiger partial charge is 0.172 e. The fourth-order valence-electron chi connectivity index (χ4n) is 2.28. The molecule has 0 saturated heterocycles. The second-order valence-electron chi connectivity index (χ2n) is 5.45. The summed E-state index contributed by atoms with van der Waals surface area (Å²) in [7, 11) is 0. The van der Waals surface area contributed by atoms with Gasteiger partial charge in [-0.15, -0.1) is 0 Å². The number of nitrogens with zero attached hydrogens (tertiary/aromatic N) is 2. The van der Waals surface area contributed by atoms with E-state index in [-0.39, 0.29) is 5.82 Å². The molecule has 0 aliphatic heterocycles. The lowest BCUT2D eigenvalue weighted by molar-refractivity contribution is 0.503. The van der Waals surface area contributed by atoms with Gasteiger partial charge in [-0.05, 0) is 49.0 Å². The number of aryl methyl sites for hydroxylation is 1. The summed E-state index contributed by atoms with van der Waals surface area (Å²) in [6.45, 7) is 2.86. The molecule has 0 saturated carbocycles. The molecule has 3 aromatic rings. The van der Waals surface area contributed by atoms with Crippen LogP contribution in [0.2, 0.25) is 5.02 Å². The average molecular weight is 379 g/mol. The number of rotatable bonds is 5. The van der Waals surface area contributed by atoms with Gasteiger partial charge in [-0.3, -0.25) is 4.68 Å². The van der Waals surface area contributed by atoms with Crippen LogP contribution < -0.4 is 10.6 Å². The van der Waals surface area contributed by atoms with Crippen molar-refractivity contribution in [1.29, 1.82) is 0 Å². The molecular weight excluding hydrogens is 363 g/mol. The molecule has 1 aromatic carbocycles. The first kappa shape index (κ1) is 17.4. The molecule has 2 N–H and O–H groups in total. The van der Waals surface area contributed by atoms with Gasteiger partial charge in [0.25, 0.3) is 0 Å². The highest BCUT2D eigenvalue weighted by Crippen LogP contribution is 2.19. The zero-order valence-electron chi connectivity index (χ0n) is 13.4. The van der Waals surface area contributed by atoms with Crippen molar-refractivity contribution >= 4 is 34.7 Å². The SMILES string of the molecule is Cc1cc(NC(=S)NCc2ccco2)nn1Cc1ccc(F)cc1Cl. The largest absolute Gasteiger partial charge is 0.467 e. The van der Waals surface area contributed by atoms with Gasteiger partial charge in [-0.2, -0.15) is 5.10 Å². The molecule has 130 valence electrons. The minimum atomic E-state index is -0.360. The van der Waals surface area contributed by atoms with Crippen LogP contribution in [0.1, 0.15) is 17.0 Å². The molecule has 0 amide bonds. The maximum atomic E-state index is 13.1. The molecule has 0 aliphatic carbocycles. The van der Waals surface area contributed by atoms with Crippen LogP contribution in [0.3, 0.4) is 0 Å². The number of furan rings is 1. The normalized spacial score (nSPS) is 10.7. The fourth-order valence-corrected chi connectivity index (χ4v) is 2.69. The summed E-state index contributed by atoms with van der Waals surface area (Å²) in [6, 6.07) is 9.88. The van der Waals surface area contributed by atoms with E-state index in [0.717, 1.165) is 17.0 Å². The zero-order chi connectivity index (χ0) is 17.8. The van der Waals surface area contributed by atoms with Gasteiger partial charge in [-0.25, -0.2) is 4.39 Å². The molecule has 8 heteroatoms. The summed E-state index contributed by atoms with van der Waals surface area (Å²) in [4.78, 5) is 0. The number of thiocarbonyl (C=S) groups is 1. The third-order valence-electron chi connectivity index (χ3n) is 3.56. The molecule has 0 fully saturated rings. The van der Waals surface area contributed by atoms with Gasteiger partial charge >= 0.3 is 0 Å². The molecule has 0 spiro atoms. The number of anilines is 1. The predicted molar refractivity (Wildman–Crippen MR) is 99.2 cm³/mol. The van der Waals surface area contributed by atoms with Gasteiger partial charge < -0.3 is 15.1 Å². The lowest BCUT2D eigenvalue weighted by Gasteiger charge is -2.08.